The number of carbonyl (C=O) groups excluding carboxylic acids is 1. The number of anilines is 1. The lowest BCUT2D eigenvalue weighted by Gasteiger charge is -2.03. The van der Waals surface area contributed by atoms with Crippen LogP contribution in [0, 0.1) is 0 Å². The molecular weight excluding hydrogens is 212 g/mol. The maximum Gasteiger partial charge on any atom is 0.162 e. The predicted molar refractivity (Wildman–Crippen MR) is 68.7 cm³/mol. The van der Waals surface area contributed by atoms with Crippen molar-refractivity contribution in [3.05, 3.63) is 48.2 Å². The number of hydrogen-bond donors (Lipinski definition) is 1. The summed E-state index contributed by atoms with van der Waals surface area (Å²) in [6.07, 6.45) is 2.13. The summed E-state index contributed by atoms with van der Waals surface area (Å²) in [5, 5.41) is 0. The molecule has 0 bridgehead atoms. The lowest BCUT2D eigenvalue weighted by molar-refractivity contribution is 0.0988. The maximum atomic E-state index is 11.6. The number of ketones is 1. The molecule has 3 nitrogen and oxygen atoms in total. The molecule has 0 aliphatic carbocycles. The van der Waals surface area contributed by atoms with E-state index < -0.39 is 0 Å². The second kappa shape index (κ2) is 4.78. The number of hydrogen-bond acceptors (Lipinski definition) is 3. The monoisotopic (exact) mass is 226 g/mol. The van der Waals surface area contributed by atoms with Gasteiger partial charge in [-0.25, -0.2) is 0 Å². The molecule has 0 saturated heterocycles. The van der Waals surface area contributed by atoms with E-state index in [1.165, 1.54) is 0 Å². The maximum absolute atomic E-state index is 11.6. The third-order valence-corrected chi connectivity index (χ3v) is 2.59. The van der Waals surface area contributed by atoms with Crippen molar-refractivity contribution < 1.29 is 4.79 Å². The molecule has 0 amide bonds. The van der Waals surface area contributed by atoms with Gasteiger partial charge in [0.05, 0.1) is 17.6 Å². The van der Waals surface area contributed by atoms with E-state index in [1.807, 2.05) is 37.3 Å². The van der Waals surface area contributed by atoms with Crippen LogP contribution in [-0.4, -0.2) is 10.8 Å². The first kappa shape index (κ1) is 11.3. The highest BCUT2D eigenvalue weighted by atomic mass is 16.1. The van der Waals surface area contributed by atoms with Crippen molar-refractivity contribution in [3.63, 3.8) is 0 Å². The smallest absolute Gasteiger partial charge is 0.162 e. The average Bonchev–Trinajstić information content (AvgIpc) is 2.39. The number of nitrogens with two attached hydrogens (primary N) is 1. The Morgan fingerprint density at radius 3 is 2.76 bits per heavy atom. The molecule has 1 aromatic carbocycles. The molecule has 0 unspecified atom stereocenters. The Bertz CT molecular complexity index is 532. The molecule has 86 valence electrons. The molecule has 2 rings (SSSR count). The van der Waals surface area contributed by atoms with Crippen LogP contribution >= 0.6 is 0 Å². The van der Waals surface area contributed by atoms with Crippen LogP contribution in [0.3, 0.4) is 0 Å². The molecule has 0 spiro atoms. The average molecular weight is 226 g/mol. The van der Waals surface area contributed by atoms with Crippen LogP contribution < -0.4 is 5.73 Å². The van der Waals surface area contributed by atoms with Crippen molar-refractivity contribution in [1.82, 2.24) is 4.98 Å². The van der Waals surface area contributed by atoms with Crippen LogP contribution in [0.1, 0.15) is 23.7 Å². The minimum Gasteiger partial charge on any atom is -0.397 e. The molecule has 1 heterocycles. The number of nitrogen functional groups attached to an aromatic ring is 1. The van der Waals surface area contributed by atoms with E-state index in [4.69, 9.17) is 5.73 Å². The van der Waals surface area contributed by atoms with E-state index in [-0.39, 0.29) is 5.78 Å². The van der Waals surface area contributed by atoms with Crippen molar-refractivity contribution in [3.8, 4) is 11.3 Å². The van der Waals surface area contributed by atoms with Gasteiger partial charge in [-0.3, -0.25) is 9.78 Å². The van der Waals surface area contributed by atoms with Gasteiger partial charge in [0.25, 0.3) is 0 Å². The summed E-state index contributed by atoms with van der Waals surface area (Å²) in [6.45, 7) is 1.86. The Balaban J connectivity index is 2.39. The van der Waals surface area contributed by atoms with Crippen LogP contribution in [0.25, 0.3) is 11.3 Å². The van der Waals surface area contributed by atoms with Gasteiger partial charge < -0.3 is 5.73 Å². The number of aromatic nitrogens is 1. The summed E-state index contributed by atoms with van der Waals surface area (Å²) in [7, 11) is 0. The topological polar surface area (TPSA) is 56.0 Å². The first-order chi connectivity index (χ1) is 8.20. The summed E-state index contributed by atoms with van der Waals surface area (Å²) >= 11 is 0. The van der Waals surface area contributed by atoms with Gasteiger partial charge in [-0.15, -0.1) is 0 Å². The Morgan fingerprint density at radius 2 is 2.12 bits per heavy atom. The van der Waals surface area contributed by atoms with Gasteiger partial charge in [0.1, 0.15) is 0 Å². The normalized spacial score (nSPS) is 10.2. The van der Waals surface area contributed by atoms with Crippen LogP contribution in [-0.2, 0) is 0 Å². The van der Waals surface area contributed by atoms with Crippen LogP contribution in [0.15, 0.2) is 42.6 Å². The highest BCUT2D eigenvalue weighted by Gasteiger charge is 2.05. The van der Waals surface area contributed by atoms with Crippen LogP contribution in [0.2, 0.25) is 0 Å². The third kappa shape index (κ3) is 2.50. The molecule has 0 aliphatic rings. The van der Waals surface area contributed by atoms with E-state index in [0.717, 1.165) is 16.8 Å². The second-order valence-electron chi connectivity index (χ2n) is 3.83. The van der Waals surface area contributed by atoms with Gasteiger partial charge in [0.15, 0.2) is 5.78 Å². The van der Waals surface area contributed by atoms with Crippen LogP contribution in [0.4, 0.5) is 5.69 Å². The lowest BCUT2D eigenvalue weighted by atomic mass is 10.0. The van der Waals surface area contributed by atoms with Crippen molar-refractivity contribution in [1.29, 1.82) is 0 Å². The Kier molecular flexibility index (Phi) is 3.19. The van der Waals surface area contributed by atoms with Crippen molar-refractivity contribution in [2.45, 2.75) is 13.3 Å². The first-order valence-corrected chi connectivity index (χ1v) is 5.56. The highest BCUT2D eigenvalue weighted by molar-refractivity contribution is 5.96. The molecule has 2 N–H and O–H groups in total. The first-order valence-electron chi connectivity index (χ1n) is 5.56. The third-order valence-electron chi connectivity index (χ3n) is 2.59. The van der Waals surface area contributed by atoms with Gasteiger partial charge in [-0.1, -0.05) is 25.1 Å². The minimum absolute atomic E-state index is 0.141. The van der Waals surface area contributed by atoms with Gasteiger partial charge in [0, 0.05) is 17.5 Å². The second-order valence-corrected chi connectivity index (χ2v) is 3.83. The Morgan fingerprint density at radius 1 is 1.29 bits per heavy atom. The zero-order valence-corrected chi connectivity index (χ0v) is 9.68. The zero-order chi connectivity index (χ0) is 12.3. The number of Topliss-reactive ketones (excluding diaryl/α,β-unsaturated/α-hetero) is 1. The molecule has 1 aromatic heterocycles. The number of carbonyl (C=O) groups is 1. The van der Waals surface area contributed by atoms with Crippen molar-refractivity contribution in [2.24, 2.45) is 0 Å². The molecule has 0 aliphatic heterocycles. The van der Waals surface area contributed by atoms with E-state index in [1.54, 1.807) is 12.3 Å². The summed E-state index contributed by atoms with van der Waals surface area (Å²) in [6, 6.07) is 11.2. The largest absolute Gasteiger partial charge is 0.397 e. The van der Waals surface area contributed by atoms with Crippen molar-refractivity contribution >= 4 is 11.5 Å². The number of nitrogens with zero attached hydrogens (tertiary/aromatic N) is 1. The fourth-order valence-corrected chi connectivity index (χ4v) is 1.63. The summed E-state index contributed by atoms with van der Waals surface area (Å²) in [4.78, 5) is 15.8. The van der Waals surface area contributed by atoms with Gasteiger partial charge in [-0.2, -0.15) is 0 Å². The van der Waals surface area contributed by atoms with E-state index in [2.05, 4.69) is 4.98 Å². The van der Waals surface area contributed by atoms with Crippen LogP contribution in [0.5, 0.6) is 0 Å². The highest BCUT2D eigenvalue weighted by Crippen LogP contribution is 2.19. The predicted octanol–water partition coefficient (Wildman–Crippen LogP) is 2.92. The number of rotatable bonds is 3. The van der Waals surface area contributed by atoms with Gasteiger partial charge in [-0.05, 0) is 18.2 Å². The lowest BCUT2D eigenvalue weighted by Crippen LogP contribution is -1.96. The van der Waals surface area contributed by atoms with E-state index in [0.29, 0.717) is 12.1 Å². The fourth-order valence-electron chi connectivity index (χ4n) is 1.63. The molecular formula is C14H14N2O. The summed E-state index contributed by atoms with van der Waals surface area (Å²) in [5.41, 5.74) is 8.71. The minimum atomic E-state index is 0.141. The van der Waals surface area contributed by atoms with Gasteiger partial charge >= 0.3 is 0 Å². The molecule has 0 fully saturated rings. The standard InChI is InChI=1S/C14H14N2O/c1-2-14(17)11-5-3-4-10(8-11)13-7-6-12(15)9-16-13/h3-9H,2,15H2,1H3. The van der Waals surface area contributed by atoms with E-state index in [9.17, 15) is 4.79 Å². The number of pyridine rings is 1. The Hall–Kier alpha value is -2.16. The van der Waals surface area contributed by atoms with Gasteiger partial charge in [0.2, 0.25) is 0 Å². The molecule has 17 heavy (non-hydrogen) atoms. The Labute approximate surface area is 100 Å². The molecule has 0 radical (unpaired) electrons. The molecule has 2 aromatic rings. The number of benzene rings is 1. The van der Waals surface area contributed by atoms with E-state index >= 15 is 0 Å². The summed E-state index contributed by atoms with van der Waals surface area (Å²) < 4.78 is 0. The quantitative estimate of drug-likeness (QED) is 0.818. The zero-order valence-electron chi connectivity index (χ0n) is 9.68. The molecule has 0 atom stereocenters. The van der Waals surface area contributed by atoms with Crippen molar-refractivity contribution in [2.75, 3.05) is 5.73 Å². The SMILES string of the molecule is CCC(=O)c1cccc(-c2ccc(N)cn2)c1. The summed E-state index contributed by atoms with van der Waals surface area (Å²) in [5.74, 6) is 0.141. The molecule has 3 heteroatoms. The molecule has 0 saturated carbocycles. The fraction of sp³-hybridized carbons (Fsp3) is 0.143.